The molecule has 0 spiro atoms. The van der Waals surface area contributed by atoms with Gasteiger partial charge in [0.25, 0.3) is 0 Å². The molecule has 1 N–H and O–H groups in total. The number of hydrogen-bond donors (Lipinski definition) is 1. The Morgan fingerprint density at radius 2 is 2.09 bits per heavy atom. The molecule has 5 heteroatoms. The number of aliphatic hydroxyl groups excluding tert-OH is 1. The van der Waals surface area contributed by atoms with E-state index < -0.39 is 0 Å². The molecule has 1 aliphatic carbocycles. The van der Waals surface area contributed by atoms with E-state index in [1.807, 2.05) is 30.0 Å². The summed E-state index contributed by atoms with van der Waals surface area (Å²) >= 11 is 6.04. The second kappa shape index (κ2) is 7.20. The van der Waals surface area contributed by atoms with Crippen LogP contribution in [0.5, 0.6) is 0 Å². The van der Waals surface area contributed by atoms with E-state index in [2.05, 4.69) is 11.0 Å². The van der Waals surface area contributed by atoms with Crippen LogP contribution in [0.2, 0.25) is 5.02 Å². The van der Waals surface area contributed by atoms with Gasteiger partial charge in [-0.05, 0) is 36.5 Å². The first-order valence-corrected chi connectivity index (χ1v) is 8.91. The second-order valence-corrected chi connectivity index (χ2v) is 7.13. The summed E-state index contributed by atoms with van der Waals surface area (Å²) < 4.78 is 0. The normalized spacial score (nSPS) is 26.1. The van der Waals surface area contributed by atoms with Crippen molar-refractivity contribution in [1.82, 2.24) is 9.80 Å². The van der Waals surface area contributed by atoms with E-state index in [1.54, 1.807) is 0 Å². The lowest BCUT2D eigenvalue weighted by Crippen LogP contribution is -2.50. The average Bonchev–Trinajstić information content (AvgIpc) is 3.35. The highest BCUT2D eigenvalue weighted by Crippen LogP contribution is 2.48. The Kier molecular flexibility index (Phi) is 5.24. The fraction of sp³-hybridized carbons (Fsp3) is 0.611. The lowest BCUT2D eigenvalue weighted by atomic mass is 10.1. The lowest BCUT2D eigenvalue weighted by molar-refractivity contribution is -0.134. The minimum absolute atomic E-state index is 0.126. The van der Waals surface area contributed by atoms with Gasteiger partial charge in [0.15, 0.2) is 0 Å². The van der Waals surface area contributed by atoms with Gasteiger partial charge < -0.3 is 10.0 Å². The van der Waals surface area contributed by atoms with Gasteiger partial charge in [0, 0.05) is 43.7 Å². The van der Waals surface area contributed by atoms with Crippen LogP contribution in [0.25, 0.3) is 0 Å². The predicted molar refractivity (Wildman–Crippen MR) is 91.6 cm³/mol. The number of β-amino-alcohol motifs (C(OH)–C–C–N with tert-alkyl or cyclic N) is 1. The Morgan fingerprint density at radius 1 is 1.35 bits per heavy atom. The van der Waals surface area contributed by atoms with Crippen molar-refractivity contribution in [3.63, 3.8) is 0 Å². The van der Waals surface area contributed by atoms with E-state index in [-0.39, 0.29) is 17.9 Å². The molecular weight excluding hydrogens is 312 g/mol. The van der Waals surface area contributed by atoms with Crippen LogP contribution in [-0.2, 0) is 4.79 Å². The van der Waals surface area contributed by atoms with Crippen molar-refractivity contribution >= 4 is 17.5 Å². The van der Waals surface area contributed by atoms with E-state index in [9.17, 15) is 9.90 Å². The zero-order chi connectivity index (χ0) is 16.4. The largest absolute Gasteiger partial charge is 0.392 e. The minimum atomic E-state index is -0.257. The van der Waals surface area contributed by atoms with E-state index in [0.717, 1.165) is 44.0 Å². The van der Waals surface area contributed by atoms with Gasteiger partial charge in [-0.25, -0.2) is 0 Å². The van der Waals surface area contributed by atoms with Gasteiger partial charge in [-0.3, -0.25) is 9.69 Å². The summed E-state index contributed by atoms with van der Waals surface area (Å²) in [5, 5.41) is 10.5. The molecule has 2 aliphatic rings. The number of nitrogens with zero attached hydrogens (tertiary/aromatic N) is 2. The first-order valence-electron chi connectivity index (χ1n) is 8.53. The Hall–Kier alpha value is -1.10. The lowest BCUT2D eigenvalue weighted by Gasteiger charge is -2.35. The first-order chi connectivity index (χ1) is 11.1. The highest BCUT2D eigenvalue weighted by molar-refractivity contribution is 6.30. The Balaban J connectivity index is 1.49. The van der Waals surface area contributed by atoms with E-state index in [4.69, 9.17) is 11.6 Å². The average molecular weight is 337 g/mol. The summed E-state index contributed by atoms with van der Waals surface area (Å²) in [4.78, 5) is 16.9. The van der Waals surface area contributed by atoms with Crippen molar-refractivity contribution in [3.8, 4) is 0 Å². The molecule has 126 valence electrons. The highest BCUT2D eigenvalue weighted by Gasteiger charge is 2.46. The molecule has 0 radical (unpaired) electrons. The van der Waals surface area contributed by atoms with Crippen molar-refractivity contribution in [2.45, 2.75) is 31.8 Å². The third-order valence-corrected chi connectivity index (χ3v) is 5.24. The van der Waals surface area contributed by atoms with Crippen LogP contribution in [0.1, 0.15) is 31.2 Å². The molecule has 2 fully saturated rings. The molecule has 1 saturated carbocycles. The van der Waals surface area contributed by atoms with Crippen LogP contribution in [0.3, 0.4) is 0 Å². The number of hydrogen-bond acceptors (Lipinski definition) is 3. The predicted octanol–water partition coefficient (Wildman–Crippen LogP) is 2.36. The zero-order valence-corrected chi connectivity index (χ0v) is 14.4. The molecule has 0 bridgehead atoms. The summed E-state index contributed by atoms with van der Waals surface area (Å²) in [5.74, 6) is 0.744. The number of carbonyl (C=O) groups is 1. The van der Waals surface area contributed by atoms with Crippen molar-refractivity contribution in [1.29, 1.82) is 0 Å². The summed E-state index contributed by atoms with van der Waals surface area (Å²) in [6.07, 6.45) is 1.46. The monoisotopic (exact) mass is 336 g/mol. The fourth-order valence-electron chi connectivity index (χ4n) is 3.39. The van der Waals surface area contributed by atoms with Gasteiger partial charge in [-0.1, -0.05) is 30.7 Å². The first kappa shape index (κ1) is 16.7. The van der Waals surface area contributed by atoms with E-state index >= 15 is 0 Å². The Morgan fingerprint density at radius 3 is 2.74 bits per heavy atom. The topological polar surface area (TPSA) is 43.8 Å². The van der Waals surface area contributed by atoms with E-state index in [1.165, 1.54) is 5.56 Å². The molecule has 0 aromatic heterocycles. The Bertz CT molecular complexity index is 558. The number of amides is 1. The van der Waals surface area contributed by atoms with Crippen molar-refractivity contribution in [3.05, 3.63) is 34.9 Å². The van der Waals surface area contributed by atoms with Crippen molar-refractivity contribution in [2.24, 2.45) is 5.92 Å². The SMILES string of the molecule is CC[C@H](O)CN1CCN(C(=O)[C@@H]2C[C@H]2c2cccc(Cl)c2)CC1. The molecule has 3 rings (SSSR count). The molecule has 3 atom stereocenters. The molecule has 4 nitrogen and oxygen atoms in total. The third-order valence-electron chi connectivity index (χ3n) is 5.01. The van der Waals surface area contributed by atoms with Gasteiger partial charge in [0.05, 0.1) is 6.10 Å². The summed E-state index contributed by atoms with van der Waals surface area (Å²) in [6.45, 7) is 5.97. The van der Waals surface area contributed by atoms with Crippen LogP contribution in [0, 0.1) is 5.92 Å². The molecule has 1 aromatic rings. The highest BCUT2D eigenvalue weighted by atomic mass is 35.5. The standard InChI is InChI=1S/C18H25ClN2O2/c1-2-15(22)12-20-6-8-21(9-7-20)18(23)17-11-16(17)13-4-3-5-14(19)10-13/h3-5,10,15-17,22H,2,6-9,11-12H2,1H3/t15-,16-,17+/m0/s1. The van der Waals surface area contributed by atoms with Crippen LogP contribution in [0.4, 0.5) is 0 Å². The van der Waals surface area contributed by atoms with Gasteiger partial charge >= 0.3 is 0 Å². The third kappa shape index (κ3) is 4.06. The fourth-order valence-corrected chi connectivity index (χ4v) is 3.58. The van der Waals surface area contributed by atoms with Crippen molar-refractivity contribution < 1.29 is 9.90 Å². The zero-order valence-electron chi connectivity index (χ0n) is 13.6. The number of halogens is 1. The molecule has 1 heterocycles. The molecule has 23 heavy (non-hydrogen) atoms. The van der Waals surface area contributed by atoms with Gasteiger partial charge in [0.1, 0.15) is 0 Å². The summed E-state index contributed by atoms with van der Waals surface area (Å²) in [5.41, 5.74) is 1.18. The van der Waals surface area contributed by atoms with E-state index in [0.29, 0.717) is 12.5 Å². The minimum Gasteiger partial charge on any atom is -0.392 e. The maximum absolute atomic E-state index is 12.6. The number of carbonyl (C=O) groups excluding carboxylic acids is 1. The molecule has 0 unspecified atom stereocenters. The van der Waals surface area contributed by atoms with Crippen LogP contribution in [-0.4, -0.2) is 59.6 Å². The second-order valence-electron chi connectivity index (χ2n) is 6.69. The molecule has 1 saturated heterocycles. The molecular formula is C18H25ClN2O2. The number of aliphatic hydroxyl groups is 1. The summed E-state index contributed by atoms with van der Waals surface area (Å²) in [7, 11) is 0. The Labute approximate surface area is 143 Å². The van der Waals surface area contributed by atoms with Crippen LogP contribution >= 0.6 is 11.6 Å². The smallest absolute Gasteiger partial charge is 0.226 e. The summed E-state index contributed by atoms with van der Waals surface area (Å²) in [6, 6.07) is 7.86. The maximum Gasteiger partial charge on any atom is 0.226 e. The van der Waals surface area contributed by atoms with Gasteiger partial charge in [-0.15, -0.1) is 0 Å². The number of piperazine rings is 1. The molecule has 1 aliphatic heterocycles. The number of benzene rings is 1. The molecule has 1 aromatic carbocycles. The van der Waals surface area contributed by atoms with Gasteiger partial charge in [-0.2, -0.15) is 0 Å². The molecule has 1 amide bonds. The quantitative estimate of drug-likeness (QED) is 0.897. The maximum atomic E-state index is 12.6. The van der Waals surface area contributed by atoms with Crippen molar-refractivity contribution in [2.75, 3.05) is 32.7 Å². The van der Waals surface area contributed by atoms with Crippen LogP contribution in [0.15, 0.2) is 24.3 Å². The van der Waals surface area contributed by atoms with Crippen LogP contribution < -0.4 is 0 Å². The number of rotatable bonds is 5. The van der Waals surface area contributed by atoms with Gasteiger partial charge in [0.2, 0.25) is 5.91 Å².